The molecule has 2 amide bonds. The van der Waals surface area contributed by atoms with Crippen LogP contribution in [0.3, 0.4) is 0 Å². The fourth-order valence-electron chi connectivity index (χ4n) is 9.09. The number of carbonyl (C=O) groups is 2. The average molecular weight is 633 g/mol. The quantitative estimate of drug-likeness (QED) is 0.320. The first-order valence-electron chi connectivity index (χ1n) is 16.3. The highest BCUT2D eigenvalue weighted by Crippen LogP contribution is 2.71. The van der Waals surface area contributed by atoms with Crippen molar-refractivity contribution in [3.63, 3.8) is 0 Å². The lowest BCUT2D eigenvalue weighted by Crippen LogP contribution is -2.62. The van der Waals surface area contributed by atoms with Crippen LogP contribution < -0.4 is 5.32 Å². The summed E-state index contributed by atoms with van der Waals surface area (Å²) in [5.41, 5.74) is 6.42. The zero-order valence-electron chi connectivity index (χ0n) is 25.4. The minimum atomic E-state index is -1.16. The van der Waals surface area contributed by atoms with Crippen LogP contribution in [-0.4, -0.2) is 49.2 Å². The van der Waals surface area contributed by atoms with Crippen molar-refractivity contribution in [2.45, 2.75) is 73.7 Å². The Hall–Kier alpha value is -3.33. The summed E-state index contributed by atoms with van der Waals surface area (Å²) in [6.07, 6.45) is 6.49. The third-order valence-electron chi connectivity index (χ3n) is 10.9. The number of benzene rings is 3. The highest BCUT2D eigenvalue weighted by Gasteiger charge is 2.82. The molecule has 0 radical (unpaired) electrons. The normalized spacial score (nSPS) is 32.2. The molecule has 1 aliphatic carbocycles. The fraction of sp³-hybridized carbons (Fsp3) is 0.378. The average Bonchev–Trinajstić information content (AvgIpc) is 3.76. The van der Waals surface area contributed by atoms with Gasteiger partial charge in [0.25, 0.3) is 5.91 Å². The van der Waals surface area contributed by atoms with E-state index in [9.17, 15) is 4.79 Å². The monoisotopic (exact) mass is 632 g/mol. The molecule has 0 saturated carbocycles. The van der Waals surface area contributed by atoms with Crippen LogP contribution in [0.25, 0.3) is 0 Å². The number of para-hydroxylation sites is 1. The van der Waals surface area contributed by atoms with E-state index in [1.807, 2.05) is 40.9 Å². The largest absolute Gasteiger partial charge is 0.324 e. The van der Waals surface area contributed by atoms with Gasteiger partial charge in [-0.25, -0.2) is 4.99 Å². The molecule has 5 atom stereocenters. The number of fused-ring (bicyclic) bond motifs is 6. The summed E-state index contributed by atoms with van der Waals surface area (Å²) in [5.74, 6) is 1.30. The van der Waals surface area contributed by atoms with Gasteiger partial charge in [0, 0.05) is 40.5 Å². The molecule has 1 N–H and O–H groups in total. The second-order valence-electron chi connectivity index (χ2n) is 13.2. The van der Waals surface area contributed by atoms with Crippen LogP contribution in [0.2, 0.25) is 0 Å². The minimum absolute atomic E-state index is 0.0190. The van der Waals surface area contributed by atoms with E-state index in [0.29, 0.717) is 5.88 Å². The fourth-order valence-corrected chi connectivity index (χ4v) is 12.2. The van der Waals surface area contributed by atoms with Gasteiger partial charge in [-0.3, -0.25) is 19.4 Å². The number of amides is 2. The van der Waals surface area contributed by atoms with Gasteiger partial charge in [-0.05, 0) is 55.4 Å². The topological polar surface area (TPSA) is 65.0 Å². The Labute approximate surface area is 272 Å². The van der Waals surface area contributed by atoms with Gasteiger partial charge >= 0.3 is 0 Å². The number of hydrogen-bond acceptors (Lipinski definition) is 6. The van der Waals surface area contributed by atoms with E-state index in [4.69, 9.17) is 4.99 Å². The first-order valence-corrected chi connectivity index (χ1v) is 18.2. The van der Waals surface area contributed by atoms with Crippen molar-refractivity contribution in [3.05, 3.63) is 112 Å². The molecule has 3 saturated heterocycles. The third kappa shape index (κ3) is 3.67. The zero-order chi connectivity index (χ0) is 30.3. The van der Waals surface area contributed by atoms with Gasteiger partial charge in [-0.2, -0.15) is 0 Å². The van der Waals surface area contributed by atoms with Crippen molar-refractivity contribution in [2.75, 3.05) is 16.9 Å². The molecule has 3 aromatic rings. The lowest BCUT2D eigenvalue weighted by atomic mass is 9.70. The molecule has 6 aliphatic rings. The van der Waals surface area contributed by atoms with Crippen LogP contribution in [-0.2, 0) is 15.1 Å². The maximum atomic E-state index is 16.0. The molecular weight excluding hydrogens is 597 g/mol. The standard InChI is InChI=1S/C37H36N4O2S2/c1-23-17-19-24(20-18-23)31-30-21-44-22-40(30)36(27-14-9-10-16-29(27)38-33(36)42)37(31)34(43)41-32(25-11-5-4-6-12-25)26-13-7-2-3-8-15-28(26)39-35(41)45-37/h4-6,9-12,14,16-20,30-32H,2-3,7-8,13,15,21-22H2,1H3,(H,38,42). The molecular formula is C37H36N4O2S2. The summed E-state index contributed by atoms with van der Waals surface area (Å²) in [4.78, 5) is 40.6. The predicted molar refractivity (Wildman–Crippen MR) is 182 cm³/mol. The van der Waals surface area contributed by atoms with E-state index in [1.165, 1.54) is 24.0 Å². The molecule has 5 aliphatic heterocycles. The van der Waals surface area contributed by atoms with Crippen molar-refractivity contribution in [1.29, 1.82) is 0 Å². The van der Waals surface area contributed by atoms with Gasteiger partial charge in [-0.15, -0.1) is 11.8 Å². The Balaban J connectivity index is 1.32. The van der Waals surface area contributed by atoms with Gasteiger partial charge in [0.1, 0.15) is 4.75 Å². The van der Waals surface area contributed by atoms with Gasteiger partial charge in [0.05, 0.1) is 6.04 Å². The first kappa shape index (κ1) is 27.9. The Morgan fingerprint density at radius 3 is 2.44 bits per heavy atom. The van der Waals surface area contributed by atoms with Crippen LogP contribution in [0.4, 0.5) is 5.69 Å². The van der Waals surface area contributed by atoms with Gasteiger partial charge in [-0.1, -0.05) is 103 Å². The second-order valence-corrected chi connectivity index (χ2v) is 15.5. The number of aliphatic imine (C=N–C) groups is 1. The molecule has 228 valence electrons. The lowest BCUT2D eigenvalue weighted by molar-refractivity contribution is -0.139. The number of rotatable bonds is 2. The Morgan fingerprint density at radius 2 is 1.62 bits per heavy atom. The molecule has 5 unspecified atom stereocenters. The number of hydrogen-bond donors (Lipinski definition) is 1. The van der Waals surface area contributed by atoms with E-state index < -0.39 is 10.3 Å². The summed E-state index contributed by atoms with van der Waals surface area (Å²) in [7, 11) is 0. The van der Waals surface area contributed by atoms with Crippen LogP contribution in [0, 0.1) is 6.92 Å². The lowest BCUT2D eigenvalue weighted by Gasteiger charge is -2.43. The minimum Gasteiger partial charge on any atom is -0.324 e. The van der Waals surface area contributed by atoms with Gasteiger partial charge in [0.15, 0.2) is 10.7 Å². The maximum absolute atomic E-state index is 16.0. The number of thioether (sulfide) groups is 2. The van der Waals surface area contributed by atoms with Crippen LogP contribution >= 0.6 is 23.5 Å². The molecule has 45 heavy (non-hydrogen) atoms. The van der Waals surface area contributed by atoms with Crippen molar-refractivity contribution in [1.82, 2.24) is 9.80 Å². The van der Waals surface area contributed by atoms with Crippen LogP contribution in [0.1, 0.15) is 72.7 Å². The smallest absolute Gasteiger partial charge is 0.251 e. The van der Waals surface area contributed by atoms with Crippen molar-refractivity contribution in [3.8, 4) is 0 Å². The Morgan fingerprint density at radius 1 is 0.867 bits per heavy atom. The summed E-state index contributed by atoms with van der Waals surface area (Å²) >= 11 is 3.45. The number of carbonyl (C=O) groups excluding carboxylic acids is 2. The van der Waals surface area contributed by atoms with E-state index in [0.717, 1.165) is 64.7 Å². The molecule has 3 aromatic carbocycles. The number of allylic oxidation sites excluding steroid dienone is 1. The van der Waals surface area contributed by atoms with Gasteiger partial charge in [0.2, 0.25) is 5.91 Å². The molecule has 0 bridgehead atoms. The molecule has 0 aromatic heterocycles. The number of anilines is 1. The third-order valence-corrected chi connectivity index (χ3v) is 13.5. The summed E-state index contributed by atoms with van der Waals surface area (Å²) < 4.78 is -1.13. The number of amidine groups is 1. The van der Waals surface area contributed by atoms with E-state index >= 15 is 4.79 Å². The summed E-state index contributed by atoms with van der Waals surface area (Å²) in [5, 5.41) is 4.02. The number of aryl methyl sites for hydroxylation is 1. The zero-order valence-corrected chi connectivity index (χ0v) is 27.0. The van der Waals surface area contributed by atoms with E-state index in [-0.39, 0.29) is 29.8 Å². The van der Waals surface area contributed by atoms with E-state index in [1.54, 1.807) is 11.8 Å². The molecule has 6 nitrogen and oxygen atoms in total. The van der Waals surface area contributed by atoms with Crippen LogP contribution in [0.5, 0.6) is 0 Å². The highest BCUT2D eigenvalue weighted by atomic mass is 32.2. The van der Waals surface area contributed by atoms with Crippen molar-refractivity contribution >= 4 is 46.2 Å². The predicted octanol–water partition coefficient (Wildman–Crippen LogP) is 7.35. The van der Waals surface area contributed by atoms with Gasteiger partial charge < -0.3 is 5.32 Å². The van der Waals surface area contributed by atoms with E-state index in [2.05, 4.69) is 71.7 Å². The van der Waals surface area contributed by atoms with Crippen LogP contribution in [0.15, 0.2) is 95.1 Å². The highest BCUT2D eigenvalue weighted by molar-refractivity contribution is 8.16. The molecule has 5 heterocycles. The Bertz CT molecular complexity index is 1790. The molecule has 2 spiro atoms. The number of nitrogens with zero attached hydrogens (tertiary/aromatic N) is 3. The molecule has 3 fully saturated rings. The molecule has 9 rings (SSSR count). The first-order chi connectivity index (χ1) is 22.1. The van der Waals surface area contributed by atoms with Crippen molar-refractivity contribution in [2.24, 2.45) is 4.99 Å². The SMILES string of the molecule is Cc1ccc(C2C3CSCN3C3(C(=O)Nc4ccccc43)C23SC2=NC4=C(CCCCCC4)C(c4ccccc4)N2C3=O)cc1. The van der Waals surface area contributed by atoms with Crippen molar-refractivity contribution < 1.29 is 9.59 Å². The number of nitrogens with one attached hydrogen (secondary N) is 1. The summed E-state index contributed by atoms with van der Waals surface area (Å²) in [6, 6.07) is 27.1. The maximum Gasteiger partial charge on any atom is 0.251 e. The second kappa shape index (κ2) is 10.3. The summed E-state index contributed by atoms with van der Waals surface area (Å²) in [6.45, 7) is 2.10. The molecule has 8 heteroatoms. The Kier molecular flexibility index (Phi) is 6.42.